The molecule has 1 N–H and O–H groups in total. The fourth-order valence-corrected chi connectivity index (χ4v) is 1.35. The first kappa shape index (κ1) is 9.55. The first-order valence-corrected chi connectivity index (χ1v) is 4.18. The van der Waals surface area contributed by atoms with Crippen LogP contribution in [0.4, 0.5) is 0 Å². The van der Waals surface area contributed by atoms with Gasteiger partial charge in [0.15, 0.2) is 0 Å². The maximum Gasteiger partial charge on any atom is 0.133 e. The molecule has 0 spiro atoms. The summed E-state index contributed by atoms with van der Waals surface area (Å²) >= 11 is 5.95. The van der Waals surface area contributed by atoms with E-state index in [0.717, 1.165) is 0 Å². The first-order chi connectivity index (χ1) is 5.46. The van der Waals surface area contributed by atoms with Gasteiger partial charge in [0.1, 0.15) is 5.15 Å². The van der Waals surface area contributed by atoms with Gasteiger partial charge in [0.2, 0.25) is 0 Å². The van der Waals surface area contributed by atoms with Crippen molar-refractivity contribution in [2.45, 2.75) is 32.9 Å². The van der Waals surface area contributed by atoms with Gasteiger partial charge >= 0.3 is 0 Å². The Balaban J connectivity index is 3.11. The van der Waals surface area contributed by atoms with E-state index in [-0.39, 0.29) is 12.1 Å². The first-order valence-electron chi connectivity index (χ1n) is 3.80. The molecule has 0 aliphatic heterocycles. The van der Waals surface area contributed by atoms with E-state index in [0.29, 0.717) is 10.7 Å². The lowest BCUT2D eigenvalue weighted by Gasteiger charge is -2.20. The van der Waals surface area contributed by atoms with Gasteiger partial charge in [-0.25, -0.2) is 4.68 Å². The Hall–Kier alpha value is -0.540. The monoisotopic (exact) mass is 188 g/mol. The van der Waals surface area contributed by atoms with Crippen LogP contribution >= 0.6 is 11.6 Å². The van der Waals surface area contributed by atoms with E-state index >= 15 is 0 Å². The molecule has 68 valence electrons. The predicted molar refractivity (Wildman–Crippen MR) is 48.2 cm³/mol. The van der Waals surface area contributed by atoms with Crippen molar-refractivity contribution in [2.24, 2.45) is 0 Å². The zero-order valence-electron chi connectivity index (χ0n) is 7.50. The van der Waals surface area contributed by atoms with Crippen LogP contribution in [-0.2, 0) is 12.1 Å². The summed E-state index contributed by atoms with van der Waals surface area (Å²) in [7, 11) is 0. The van der Waals surface area contributed by atoms with Crippen LogP contribution in [0, 0.1) is 0 Å². The SMILES string of the molecule is CC(C)(C)n1ncc(CO)c1Cl. The molecule has 1 heterocycles. The number of aromatic nitrogens is 2. The second kappa shape index (κ2) is 3.07. The quantitative estimate of drug-likeness (QED) is 0.730. The number of nitrogens with zero attached hydrogens (tertiary/aromatic N) is 2. The fraction of sp³-hybridized carbons (Fsp3) is 0.625. The van der Waals surface area contributed by atoms with E-state index in [9.17, 15) is 0 Å². The zero-order valence-corrected chi connectivity index (χ0v) is 8.26. The molecule has 1 rings (SSSR count). The topological polar surface area (TPSA) is 38.0 Å². The van der Waals surface area contributed by atoms with Crippen molar-refractivity contribution < 1.29 is 5.11 Å². The fourth-order valence-electron chi connectivity index (χ4n) is 0.941. The molecule has 0 aliphatic rings. The van der Waals surface area contributed by atoms with E-state index in [1.807, 2.05) is 20.8 Å². The predicted octanol–water partition coefficient (Wildman–Crippen LogP) is 1.78. The average molecular weight is 189 g/mol. The van der Waals surface area contributed by atoms with Crippen molar-refractivity contribution in [2.75, 3.05) is 0 Å². The Morgan fingerprint density at radius 2 is 2.17 bits per heavy atom. The maximum absolute atomic E-state index is 8.86. The largest absolute Gasteiger partial charge is 0.392 e. The van der Waals surface area contributed by atoms with Crippen molar-refractivity contribution in [1.82, 2.24) is 9.78 Å². The minimum absolute atomic E-state index is 0.0606. The van der Waals surface area contributed by atoms with Crippen LogP contribution in [-0.4, -0.2) is 14.9 Å². The molecule has 0 saturated heterocycles. The van der Waals surface area contributed by atoms with Gasteiger partial charge in [0.05, 0.1) is 18.3 Å². The van der Waals surface area contributed by atoms with E-state index in [1.54, 1.807) is 10.9 Å². The summed E-state index contributed by atoms with van der Waals surface area (Å²) < 4.78 is 1.69. The molecule has 0 fully saturated rings. The summed E-state index contributed by atoms with van der Waals surface area (Å²) in [6, 6.07) is 0. The second-order valence-corrected chi connectivity index (χ2v) is 4.06. The lowest BCUT2D eigenvalue weighted by molar-refractivity contribution is 0.281. The molecule has 12 heavy (non-hydrogen) atoms. The van der Waals surface area contributed by atoms with Crippen LogP contribution in [0.1, 0.15) is 26.3 Å². The van der Waals surface area contributed by atoms with Gasteiger partial charge in [-0.05, 0) is 20.8 Å². The number of hydrogen-bond donors (Lipinski definition) is 1. The lowest BCUT2D eigenvalue weighted by atomic mass is 10.1. The molecule has 3 nitrogen and oxygen atoms in total. The normalized spacial score (nSPS) is 12.1. The van der Waals surface area contributed by atoms with E-state index in [2.05, 4.69) is 5.10 Å². The van der Waals surface area contributed by atoms with Crippen molar-refractivity contribution in [3.05, 3.63) is 16.9 Å². The molecular formula is C8H13ClN2O. The van der Waals surface area contributed by atoms with Gasteiger partial charge in [0.25, 0.3) is 0 Å². The molecule has 0 unspecified atom stereocenters. The van der Waals surface area contributed by atoms with Crippen molar-refractivity contribution in [1.29, 1.82) is 0 Å². The minimum atomic E-state index is -0.134. The third-order valence-electron chi connectivity index (χ3n) is 1.59. The summed E-state index contributed by atoms with van der Waals surface area (Å²) in [5.41, 5.74) is 0.538. The van der Waals surface area contributed by atoms with Crippen LogP contribution < -0.4 is 0 Å². The maximum atomic E-state index is 8.86. The third-order valence-corrected chi connectivity index (χ3v) is 1.99. The molecule has 0 bridgehead atoms. The summed E-state index contributed by atoms with van der Waals surface area (Å²) in [6.07, 6.45) is 1.59. The number of rotatable bonds is 1. The molecule has 1 aromatic rings. The standard InChI is InChI=1S/C8H13ClN2O/c1-8(2,3)11-7(9)6(5-12)4-10-11/h4,12H,5H2,1-3H3. The van der Waals surface area contributed by atoms with E-state index < -0.39 is 0 Å². The molecule has 0 radical (unpaired) electrons. The number of halogens is 1. The Bertz CT molecular complexity index is 275. The number of aliphatic hydroxyl groups excluding tert-OH is 1. The van der Waals surface area contributed by atoms with Gasteiger partial charge in [-0.3, -0.25) is 0 Å². The molecule has 0 aromatic carbocycles. The second-order valence-electron chi connectivity index (χ2n) is 3.70. The van der Waals surface area contributed by atoms with Gasteiger partial charge in [-0.1, -0.05) is 11.6 Å². The van der Waals surface area contributed by atoms with Gasteiger partial charge in [-0.15, -0.1) is 0 Å². The van der Waals surface area contributed by atoms with Crippen LogP contribution in [0.25, 0.3) is 0 Å². The van der Waals surface area contributed by atoms with Crippen LogP contribution in [0.5, 0.6) is 0 Å². The number of hydrogen-bond acceptors (Lipinski definition) is 2. The Labute approximate surface area is 77.0 Å². The van der Waals surface area contributed by atoms with E-state index in [1.165, 1.54) is 0 Å². The van der Waals surface area contributed by atoms with Crippen molar-refractivity contribution in [3.8, 4) is 0 Å². The van der Waals surface area contributed by atoms with Gasteiger partial charge in [0, 0.05) is 5.56 Å². The minimum Gasteiger partial charge on any atom is -0.392 e. The zero-order chi connectivity index (χ0) is 9.35. The average Bonchev–Trinajstić information content (AvgIpc) is 2.29. The molecule has 0 aliphatic carbocycles. The third kappa shape index (κ3) is 1.62. The smallest absolute Gasteiger partial charge is 0.133 e. The highest BCUT2D eigenvalue weighted by atomic mass is 35.5. The molecule has 0 saturated carbocycles. The highest BCUT2D eigenvalue weighted by Crippen LogP contribution is 2.22. The van der Waals surface area contributed by atoms with Crippen LogP contribution in [0.15, 0.2) is 6.20 Å². The molecular weight excluding hydrogens is 176 g/mol. The number of aliphatic hydroxyl groups is 1. The van der Waals surface area contributed by atoms with Gasteiger partial charge in [-0.2, -0.15) is 5.10 Å². The molecule has 1 aromatic heterocycles. The van der Waals surface area contributed by atoms with Crippen molar-refractivity contribution in [3.63, 3.8) is 0 Å². The highest BCUT2D eigenvalue weighted by molar-refractivity contribution is 6.30. The van der Waals surface area contributed by atoms with E-state index in [4.69, 9.17) is 16.7 Å². The Morgan fingerprint density at radius 3 is 2.42 bits per heavy atom. The molecule has 0 atom stereocenters. The lowest BCUT2D eigenvalue weighted by Crippen LogP contribution is -2.23. The van der Waals surface area contributed by atoms with Crippen molar-refractivity contribution >= 4 is 11.6 Å². The summed E-state index contributed by atoms with van der Waals surface area (Å²) in [6.45, 7) is 5.96. The van der Waals surface area contributed by atoms with Gasteiger partial charge < -0.3 is 5.11 Å². The summed E-state index contributed by atoms with van der Waals surface area (Å²) in [4.78, 5) is 0. The summed E-state index contributed by atoms with van der Waals surface area (Å²) in [5, 5.41) is 13.5. The molecule has 0 amide bonds. The van der Waals surface area contributed by atoms with Crippen LogP contribution in [0.3, 0.4) is 0 Å². The Morgan fingerprint density at radius 1 is 1.58 bits per heavy atom. The van der Waals surface area contributed by atoms with Crippen LogP contribution in [0.2, 0.25) is 5.15 Å². The molecule has 4 heteroatoms. The Kier molecular flexibility index (Phi) is 2.44. The summed E-state index contributed by atoms with van der Waals surface area (Å²) in [5.74, 6) is 0. The highest BCUT2D eigenvalue weighted by Gasteiger charge is 2.18.